The molecule has 1 aromatic carbocycles. The van der Waals surface area contributed by atoms with Gasteiger partial charge in [0.1, 0.15) is 0 Å². The highest BCUT2D eigenvalue weighted by Gasteiger charge is 2.23. The van der Waals surface area contributed by atoms with Crippen LogP contribution >= 0.6 is 0 Å². The van der Waals surface area contributed by atoms with Crippen molar-refractivity contribution in [2.24, 2.45) is 0 Å². The predicted octanol–water partition coefficient (Wildman–Crippen LogP) is 2.85. The van der Waals surface area contributed by atoms with E-state index in [4.69, 9.17) is 0 Å². The van der Waals surface area contributed by atoms with Crippen molar-refractivity contribution < 1.29 is 9.90 Å². The van der Waals surface area contributed by atoms with Gasteiger partial charge in [-0.1, -0.05) is 31.4 Å². The minimum atomic E-state index is -0.179. The first kappa shape index (κ1) is 18.1. The van der Waals surface area contributed by atoms with Crippen molar-refractivity contribution in [3.05, 3.63) is 24.3 Å². The van der Waals surface area contributed by atoms with E-state index >= 15 is 0 Å². The average molecular weight is 345 g/mol. The predicted molar refractivity (Wildman–Crippen MR) is 102 cm³/mol. The van der Waals surface area contributed by atoms with Crippen LogP contribution in [0.15, 0.2) is 24.3 Å². The number of para-hydroxylation sites is 2. The molecule has 1 saturated carbocycles. The summed E-state index contributed by atoms with van der Waals surface area (Å²) in [4.78, 5) is 16.8. The van der Waals surface area contributed by atoms with Crippen LogP contribution in [0.25, 0.3) is 0 Å². The minimum Gasteiger partial charge on any atom is -0.393 e. The Labute approximate surface area is 151 Å². The second kappa shape index (κ2) is 8.56. The Balaban J connectivity index is 1.58. The van der Waals surface area contributed by atoms with Crippen LogP contribution in [0.2, 0.25) is 0 Å². The number of carbonyl (C=O) groups excluding carboxylic acids is 1. The Morgan fingerprint density at radius 2 is 1.84 bits per heavy atom. The fourth-order valence-electron chi connectivity index (χ4n) is 3.97. The Kier molecular flexibility index (Phi) is 6.19. The molecule has 0 unspecified atom stereocenters. The fraction of sp³-hybridized carbons (Fsp3) is 0.650. The summed E-state index contributed by atoms with van der Waals surface area (Å²) in [7, 11) is 1.94. The summed E-state index contributed by atoms with van der Waals surface area (Å²) in [5, 5.41) is 13.1. The molecule has 2 fully saturated rings. The molecule has 5 nitrogen and oxygen atoms in total. The number of nitrogens with one attached hydrogen (secondary N) is 1. The molecule has 0 atom stereocenters. The number of anilines is 2. The Hall–Kier alpha value is -1.75. The molecule has 1 saturated heterocycles. The third-order valence-electron chi connectivity index (χ3n) is 5.66. The first-order chi connectivity index (χ1) is 12.1. The van der Waals surface area contributed by atoms with Gasteiger partial charge in [-0.2, -0.15) is 0 Å². The van der Waals surface area contributed by atoms with E-state index in [1.54, 1.807) is 0 Å². The van der Waals surface area contributed by atoms with Gasteiger partial charge in [-0.25, -0.2) is 0 Å². The van der Waals surface area contributed by atoms with Crippen LogP contribution < -0.4 is 10.2 Å². The highest BCUT2D eigenvalue weighted by molar-refractivity contribution is 5.83. The van der Waals surface area contributed by atoms with Gasteiger partial charge in [0, 0.05) is 26.2 Å². The van der Waals surface area contributed by atoms with Crippen LogP contribution in [-0.4, -0.2) is 54.7 Å². The quantitative estimate of drug-likeness (QED) is 0.862. The second-order valence-electron chi connectivity index (χ2n) is 7.39. The number of carbonyl (C=O) groups is 1. The van der Waals surface area contributed by atoms with Crippen molar-refractivity contribution in [3.63, 3.8) is 0 Å². The molecule has 2 aliphatic rings. The highest BCUT2D eigenvalue weighted by atomic mass is 16.3. The number of amides is 1. The third-order valence-corrected chi connectivity index (χ3v) is 5.66. The number of aliphatic hydroxyl groups is 1. The third kappa shape index (κ3) is 4.66. The van der Waals surface area contributed by atoms with Crippen molar-refractivity contribution >= 4 is 17.3 Å². The van der Waals surface area contributed by atoms with Gasteiger partial charge in [-0.3, -0.25) is 4.79 Å². The number of piperidine rings is 1. The smallest absolute Gasteiger partial charge is 0.241 e. The number of hydrogen-bond donors (Lipinski definition) is 2. The topological polar surface area (TPSA) is 55.8 Å². The summed E-state index contributed by atoms with van der Waals surface area (Å²) in [6.07, 6.45) is 7.47. The zero-order valence-corrected chi connectivity index (χ0v) is 15.3. The normalized spacial score (nSPS) is 19.7. The molecule has 2 N–H and O–H groups in total. The summed E-state index contributed by atoms with van der Waals surface area (Å²) in [5.74, 6) is 0.163. The number of likely N-dealkylation sites (N-methyl/N-ethyl adjacent to an activating group) is 1. The van der Waals surface area contributed by atoms with Gasteiger partial charge in [0.15, 0.2) is 0 Å². The lowest BCUT2D eigenvalue weighted by molar-refractivity contribution is -0.130. The standard InChI is InChI=1S/C20H31N3O2/c1-22(16-7-3-2-4-8-16)20(25)15-21-18-9-5-6-10-19(18)23-13-11-17(24)12-14-23/h5-6,9-10,16-17,21,24H,2-4,7-8,11-15H2,1H3. The Morgan fingerprint density at radius 3 is 2.56 bits per heavy atom. The van der Waals surface area contributed by atoms with E-state index in [-0.39, 0.29) is 12.0 Å². The zero-order chi connectivity index (χ0) is 17.6. The van der Waals surface area contributed by atoms with Gasteiger partial charge in [0.25, 0.3) is 0 Å². The molecule has 25 heavy (non-hydrogen) atoms. The van der Waals surface area contributed by atoms with Gasteiger partial charge in [-0.15, -0.1) is 0 Å². The van der Waals surface area contributed by atoms with E-state index in [0.29, 0.717) is 12.6 Å². The number of rotatable bonds is 5. The van der Waals surface area contributed by atoms with E-state index in [9.17, 15) is 9.90 Å². The molecular weight excluding hydrogens is 314 g/mol. The Bertz CT molecular complexity index is 564. The maximum atomic E-state index is 12.6. The van der Waals surface area contributed by atoms with Gasteiger partial charge < -0.3 is 20.2 Å². The van der Waals surface area contributed by atoms with Crippen LogP contribution in [0.3, 0.4) is 0 Å². The molecule has 1 heterocycles. The van der Waals surface area contributed by atoms with Crippen LogP contribution in [0.1, 0.15) is 44.9 Å². The molecular formula is C20H31N3O2. The lowest BCUT2D eigenvalue weighted by atomic mass is 9.94. The minimum absolute atomic E-state index is 0.163. The highest BCUT2D eigenvalue weighted by Crippen LogP contribution is 2.28. The summed E-state index contributed by atoms with van der Waals surface area (Å²) in [6, 6.07) is 8.56. The lowest BCUT2D eigenvalue weighted by Gasteiger charge is -2.33. The molecule has 0 bridgehead atoms. The number of hydrogen-bond acceptors (Lipinski definition) is 4. The molecule has 1 aliphatic carbocycles. The first-order valence-corrected chi connectivity index (χ1v) is 9.66. The van der Waals surface area contributed by atoms with Crippen LogP contribution in [0.5, 0.6) is 0 Å². The van der Waals surface area contributed by atoms with E-state index in [2.05, 4.69) is 16.3 Å². The van der Waals surface area contributed by atoms with Crippen molar-refractivity contribution in [1.29, 1.82) is 0 Å². The summed E-state index contributed by atoms with van der Waals surface area (Å²) < 4.78 is 0. The first-order valence-electron chi connectivity index (χ1n) is 9.66. The Morgan fingerprint density at radius 1 is 1.16 bits per heavy atom. The second-order valence-corrected chi connectivity index (χ2v) is 7.39. The summed E-state index contributed by atoms with van der Waals surface area (Å²) in [6.45, 7) is 2.05. The van der Waals surface area contributed by atoms with E-state index in [1.807, 2.05) is 30.1 Å². The molecule has 0 aromatic heterocycles. The molecule has 1 aromatic rings. The maximum Gasteiger partial charge on any atom is 0.241 e. The number of benzene rings is 1. The van der Waals surface area contributed by atoms with Crippen molar-refractivity contribution in [2.75, 3.05) is 36.9 Å². The van der Waals surface area contributed by atoms with E-state index < -0.39 is 0 Å². The van der Waals surface area contributed by atoms with Crippen LogP contribution in [0.4, 0.5) is 11.4 Å². The zero-order valence-electron chi connectivity index (χ0n) is 15.3. The van der Waals surface area contributed by atoms with E-state index in [1.165, 1.54) is 19.3 Å². The van der Waals surface area contributed by atoms with Crippen LogP contribution in [-0.2, 0) is 4.79 Å². The fourth-order valence-corrected chi connectivity index (χ4v) is 3.97. The van der Waals surface area contributed by atoms with Crippen molar-refractivity contribution in [1.82, 2.24) is 4.90 Å². The summed E-state index contributed by atoms with van der Waals surface area (Å²) in [5.41, 5.74) is 2.13. The number of nitrogens with zero attached hydrogens (tertiary/aromatic N) is 2. The van der Waals surface area contributed by atoms with Gasteiger partial charge in [0.2, 0.25) is 5.91 Å². The number of aliphatic hydroxyl groups excluding tert-OH is 1. The molecule has 138 valence electrons. The molecule has 0 spiro atoms. The molecule has 1 amide bonds. The molecule has 1 aliphatic heterocycles. The van der Waals surface area contributed by atoms with Crippen molar-refractivity contribution in [2.45, 2.75) is 57.1 Å². The van der Waals surface area contributed by atoms with Gasteiger partial charge in [0.05, 0.1) is 24.0 Å². The van der Waals surface area contributed by atoms with Gasteiger partial charge in [-0.05, 0) is 37.8 Å². The van der Waals surface area contributed by atoms with Crippen molar-refractivity contribution in [3.8, 4) is 0 Å². The van der Waals surface area contributed by atoms with E-state index in [0.717, 1.165) is 50.1 Å². The largest absolute Gasteiger partial charge is 0.393 e. The SMILES string of the molecule is CN(C(=O)CNc1ccccc1N1CCC(O)CC1)C1CCCCC1. The average Bonchev–Trinajstić information content (AvgIpc) is 2.67. The maximum absolute atomic E-state index is 12.6. The molecule has 5 heteroatoms. The summed E-state index contributed by atoms with van der Waals surface area (Å²) >= 11 is 0. The van der Waals surface area contributed by atoms with Crippen LogP contribution in [0, 0.1) is 0 Å². The molecule has 0 radical (unpaired) electrons. The van der Waals surface area contributed by atoms with Gasteiger partial charge >= 0.3 is 0 Å². The lowest BCUT2D eigenvalue weighted by Crippen LogP contribution is -2.41. The monoisotopic (exact) mass is 345 g/mol. The molecule has 3 rings (SSSR count).